The van der Waals surface area contributed by atoms with Crippen LogP contribution in [0.25, 0.3) is 0 Å². The Morgan fingerprint density at radius 1 is 1.09 bits per heavy atom. The standard InChI is InChI=1S/C17H18FN3O/c18-17-4-3-14(11-19)10-15(17)12-20-5-7-21(8-6-20)13-16-2-1-9-22-16/h1-4,9-10H,5-8,12-13H2. The van der Waals surface area contributed by atoms with Crippen LogP contribution in [0.2, 0.25) is 0 Å². The molecule has 1 aliphatic rings. The highest BCUT2D eigenvalue weighted by atomic mass is 19.1. The molecule has 0 saturated carbocycles. The van der Waals surface area contributed by atoms with Crippen molar-refractivity contribution in [1.29, 1.82) is 5.26 Å². The fourth-order valence-electron chi connectivity index (χ4n) is 2.73. The average molecular weight is 299 g/mol. The molecular formula is C17H18FN3O. The first-order chi connectivity index (χ1) is 10.7. The summed E-state index contributed by atoms with van der Waals surface area (Å²) in [7, 11) is 0. The Morgan fingerprint density at radius 3 is 2.45 bits per heavy atom. The van der Waals surface area contributed by atoms with Crippen molar-refractivity contribution in [3.05, 3.63) is 59.3 Å². The van der Waals surface area contributed by atoms with Gasteiger partial charge in [-0.15, -0.1) is 0 Å². The van der Waals surface area contributed by atoms with Gasteiger partial charge in [0.2, 0.25) is 0 Å². The Hall–Kier alpha value is -2.16. The van der Waals surface area contributed by atoms with Gasteiger partial charge in [-0.3, -0.25) is 9.80 Å². The Labute approximate surface area is 129 Å². The molecule has 0 bridgehead atoms. The van der Waals surface area contributed by atoms with E-state index in [1.54, 1.807) is 12.3 Å². The number of nitrogens with zero attached hydrogens (tertiary/aromatic N) is 3. The summed E-state index contributed by atoms with van der Waals surface area (Å²) in [4.78, 5) is 4.55. The van der Waals surface area contributed by atoms with E-state index >= 15 is 0 Å². The number of halogens is 1. The second-order valence-electron chi connectivity index (χ2n) is 5.55. The molecule has 1 aliphatic heterocycles. The van der Waals surface area contributed by atoms with E-state index in [1.807, 2.05) is 12.1 Å². The molecule has 0 N–H and O–H groups in total. The molecular weight excluding hydrogens is 281 g/mol. The maximum Gasteiger partial charge on any atom is 0.127 e. The Kier molecular flexibility index (Phi) is 4.52. The van der Waals surface area contributed by atoms with E-state index in [-0.39, 0.29) is 5.82 Å². The summed E-state index contributed by atoms with van der Waals surface area (Å²) < 4.78 is 19.2. The van der Waals surface area contributed by atoms with Crippen molar-refractivity contribution < 1.29 is 8.81 Å². The molecule has 5 heteroatoms. The Balaban J connectivity index is 1.55. The summed E-state index contributed by atoms with van der Waals surface area (Å²) in [6, 6.07) is 10.5. The lowest BCUT2D eigenvalue weighted by molar-refractivity contribution is 0.115. The van der Waals surface area contributed by atoms with Gasteiger partial charge in [0.25, 0.3) is 0 Å². The average Bonchev–Trinajstić information content (AvgIpc) is 3.04. The van der Waals surface area contributed by atoms with E-state index in [0.717, 1.165) is 38.5 Å². The molecule has 0 amide bonds. The molecule has 2 aromatic rings. The van der Waals surface area contributed by atoms with Crippen LogP contribution >= 0.6 is 0 Å². The first kappa shape index (κ1) is 14.8. The van der Waals surface area contributed by atoms with Crippen LogP contribution in [0.5, 0.6) is 0 Å². The lowest BCUT2D eigenvalue weighted by Gasteiger charge is -2.34. The molecule has 0 aliphatic carbocycles. The Bertz CT molecular complexity index is 655. The number of hydrogen-bond donors (Lipinski definition) is 0. The lowest BCUT2D eigenvalue weighted by Crippen LogP contribution is -2.45. The third-order valence-corrected chi connectivity index (χ3v) is 3.99. The van der Waals surface area contributed by atoms with Crippen LogP contribution in [0.3, 0.4) is 0 Å². The molecule has 3 rings (SSSR count). The predicted octanol–water partition coefficient (Wildman–Crippen LogP) is 2.61. The summed E-state index contributed by atoms with van der Waals surface area (Å²) in [6.07, 6.45) is 1.69. The summed E-state index contributed by atoms with van der Waals surface area (Å²) in [5.41, 5.74) is 1.10. The molecule has 0 atom stereocenters. The van der Waals surface area contributed by atoms with Crippen LogP contribution in [0.1, 0.15) is 16.9 Å². The minimum absolute atomic E-state index is 0.239. The largest absolute Gasteiger partial charge is 0.468 e. The maximum atomic E-state index is 13.8. The molecule has 4 nitrogen and oxygen atoms in total. The highest BCUT2D eigenvalue weighted by Crippen LogP contribution is 2.15. The van der Waals surface area contributed by atoms with E-state index in [4.69, 9.17) is 9.68 Å². The van der Waals surface area contributed by atoms with Crippen molar-refractivity contribution in [2.24, 2.45) is 0 Å². The number of rotatable bonds is 4. The fraction of sp³-hybridized carbons (Fsp3) is 0.353. The normalized spacial score (nSPS) is 16.5. The zero-order chi connectivity index (χ0) is 15.4. The van der Waals surface area contributed by atoms with E-state index in [9.17, 15) is 4.39 Å². The second-order valence-corrected chi connectivity index (χ2v) is 5.55. The minimum atomic E-state index is -0.239. The van der Waals surface area contributed by atoms with Gasteiger partial charge in [-0.1, -0.05) is 0 Å². The van der Waals surface area contributed by atoms with Crippen molar-refractivity contribution >= 4 is 0 Å². The Morgan fingerprint density at radius 2 is 1.82 bits per heavy atom. The number of furan rings is 1. The van der Waals surface area contributed by atoms with Gasteiger partial charge < -0.3 is 4.42 Å². The molecule has 2 heterocycles. The van der Waals surface area contributed by atoms with Crippen molar-refractivity contribution in [3.63, 3.8) is 0 Å². The molecule has 0 unspecified atom stereocenters. The number of nitriles is 1. The fourth-order valence-corrected chi connectivity index (χ4v) is 2.73. The lowest BCUT2D eigenvalue weighted by atomic mass is 10.1. The number of piperazine rings is 1. The minimum Gasteiger partial charge on any atom is -0.468 e. The molecule has 0 radical (unpaired) electrons. The van der Waals surface area contributed by atoms with Crippen LogP contribution in [0, 0.1) is 17.1 Å². The third-order valence-electron chi connectivity index (χ3n) is 3.99. The monoisotopic (exact) mass is 299 g/mol. The molecule has 1 aromatic carbocycles. The zero-order valence-corrected chi connectivity index (χ0v) is 12.3. The molecule has 114 valence electrons. The van der Waals surface area contributed by atoms with Gasteiger partial charge in [0.15, 0.2) is 0 Å². The smallest absolute Gasteiger partial charge is 0.127 e. The second kappa shape index (κ2) is 6.73. The highest BCUT2D eigenvalue weighted by molar-refractivity contribution is 5.33. The van der Waals surface area contributed by atoms with Gasteiger partial charge >= 0.3 is 0 Å². The molecule has 0 spiro atoms. The van der Waals surface area contributed by atoms with Gasteiger partial charge in [0, 0.05) is 38.3 Å². The summed E-state index contributed by atoms with van der Waals surface area (Å²) in [6.45, 7) is 5.00. The molecule has 22 heavy (non-hydrogen) atoms. The van der Waals surface area contributed by atoms with Gasteiger partial charge in [0.1, 0.15) is 11.6 Å². The topological polar surface area (TPSA) is 43.4 Å². The van der Waals surface area contributed by atoms with E-state index in [2.05, 4.69) is 15.9 Å². The SMILES string of the molecule is N#Cc1ccc(F)c(CN2CCN(Cc3ccco3)CC2)c1. The summed E-state index contributed by atoms with van der Waals surface area (Å²) >= 11 is 0. The van der Waals surface area contributed by atoms with Crippen molar-refractivity contribution in [1.82, 2.24) is 9.80 Å². The van der Waals surface area contributed by atoms with E-state index < -0.39 is 0 Å². The molecule has 1 aromatic heterocycles. The van der Waals surface area contributed by atoms with Gasteiger partial charge in [-0.25, -0.2) is 4.39 Å². The number of hydrogen-bond acceptors (Lipinski definition) is 4. The molecule has 1 saturated heterocycles. The zero-order valence-electron chi connectivity index (χ0n) is 12.3. The van der Waals surface area contributed by atoms with Crippen molar-refractivity contribution in [2.75, 3.05) is 26.2 Å². The van der Waals surface area contributed by atoms with Crippen molar-refractivity contribution in [3.8, 4) is 6.07 Å². The molecule has 1 fully saturated rings. The van der Waals surface area contributed by atoms with Gasteiger partial charge in [-0.2, -0.15) is 5.26 Å². The van der Waals surface area contributed by atoms with E-state index in [1.165, 1.54) is 12.1 Å². The van der Waals surface area contributed by atoms with Gasteiger partial charge in [0.05, 0.1) is 24.4 Å². The van der Waals surface area contributed by atoms with Crippen LogP contribution in [-0.4, -0.2) is 36.0 Å². The van der Waals surface area contributed by atoms with Gasteiger partial charge in [-0.05, 0) is 30.3 Å². The maximum absolute atomic E-state index is 13.8. The van der Waals surface area contributed by atoms with Crippen LogP contribution in [-0.2, 0) is 13.1 Å². The van der Waals surface area contributed by atoms with E-state index in [0.29, 0.717) is 17.7 Å². The quantitative estimate of drug-likeness (QED) is 0.870. The van der Waals surface area contributed by atoms with Crippen LogP contribution in [0.4, 0.5) is 4.39 Å². The van der Waals surface area contributed by atoms with Crippen LogP contribution < -0.4 is 0 Å². The third kappa shape index (κ3) is 3.53. The van der Waals surface area contributed by atoms with Crippen LogP contribution in [0.15, 0.2) is 41.0 Å². The summed E-state index contributed by atoms with van der Waals surface area (Å²) in [5, 5.41) is 8.91. The first-order valence-electron chi connectivity index (χ1n) is 7.40. The predicted molar refractivity (Wildman–Crippen MR) is 80.4 cm³/mol. The summed E-state index contributed by atoms with van der Waals surface area (Å²) in [5.74, 6) is 0.734. The number of benzene rings is 1. The van der Waals surface area contributed by atoms with Crippen molar-refractivity contribution in [2.45, 2.75) is 13.1 Å². The first-order valence-corrected chi connectivity index (χ1v) is 7.40. The highest BCUT2D eigenvalue weighted by Gasteiger charge is 2.19.